The lowest BCUT2D eigenvalue weighted by atomic mass is 9.75. The molecule has 31 heavy (non-hydrogen) atoms. The van der Waals surface area contributed by atoms with Gasteiger partial charge in [0.25, 0.3) is 0 Å². The maximum absolute atomic E-state index is 13.2. The molecule has 1 aliphatic rings. The van der Waals surface area contributed by atoms with Crippen LogP contribution in [0.4, 0.5) is 4.79 Å². The van der Waals surface area contributed by atoms with Gasteiger partial charge in [-0.25, -0.2) is 9.59 Å². The first kappa shape index (κ1) is 26.4. The van der Waals surface area contributed by atoms with E-state index in [0.717, 1.165) is 0 Å². The van der Waals surface area contributed by atoms with Crippen molar-refractivity contribution in [3.63, 3.8) is 0 Å². The molecule has 1 saturated heterocycles. The summed E-state index contributed by atoms with van der Waals surface area (Å²) in [5.41, 5.74) is -2.39. The smallest absolute Gasteiger partial charge is 0.413 e. The Kier molecular flexibility index (Phi) is 8.58. The zero-order chi connectivity index (χ0) is 24.0. The van der Waals surface area contributed by atoms with Crippen LogP contribution in [0.15, 0.2) is 0 Å². The van der Waals surface area contributed by atoms with E-state index in [1.807, 2.05) is 0 Å². The summed E-state index contributed by atoms with van der Waals surface area (Å²) in [5, 5.41) is 0. The highest BCUT2D eigenvalue weighted by Gasteiger charge is 2.59. The molecule has 1 aliphatic heterocycles. The van der Waals surface area contributed by atoms with E-state index in [1.54, 1.807) is 41.5 Å². The van der Waals surface area contributed by atoms with E-state index in [-0.39, 0.29) is 6.42 Å². The Morgan fingerprint density at radius 1 is 0.968 bits per heavy atom. The van der Waals surface area contributed by atoms with Gasteiger partial charge in [-0.3, -0.25) is 9.69 Å². The molecular weight excluding hydrogens is 398 g/mol. The minimum atomic E-state index is -1.06. The lowest BCUT2D eigenvalue weighted by Gasteiger charge is -2.37. The second-order valence-corrected chi connectivity index (χ2v) is 9.87. The fourth-order valence-corrected chi connectivity index (χ4v) is 3.70. The molecule has 1 heterocycles. The van der Waals surface area contributed by atoms with E-state index in [2.05, 4.69) is 11.8 Å². The predicted molar refractivity (Wildman–Crippen MR) is 116 cm³/mol. The van der Waals surface area contributed by atoms with Gasteiger partial charge in [-0.2, -0.15) is 0 Å². The highest BCUT2D eigenvalue weighted by atomic mass is 16.6. The molecule has 0 aromatic heterocycles. The number of carbonyl (C=O) groups is 3. The summed E-state index contributed by atoms with van der Waals surface area (Å²) in [6, 6.07) is -1.01. The van der Waals surface area contributed by atoms with Crippen LogP contribution >= 0.6 is 0 Å². The maximum atomic E-state index is 13.2. The monoisotopic (exact) mass is 433 g/mol. The van der Waals surface area contributed by atoms with E-state index < -0.39 is 46.9 Å². The van der Waals surface area contributed by atoms with Crippen molar-refractivity contribution < 1.29 is 28.6 Å². The molecule has 7 heteroatoms. The number of nitrogens with zero attached hydrogens (tertiary/aromatic N) is 1. The molecule has 1 amide bonds. The number of carbonyl (C=O) groups excluding carboxylic acids is 3. The number of hydrogen-bond acceptors (Lipinski definition) is 6. The largest absolute Gasteiger partial charge is 0.458 e. The average molecular weight is 434 g/mol. The molecule has 0 bridgehead atoms. The van der Waals surface area contributed by atoms with Crippen LogP contribution in [0.3, 0.4) is 0 Å². The fraction of sp³-hybridized carbons (Fsp3) is 0.708. The van der Waals surface area contributed by atoms with Crippen LogP contribution < -0.4 is 0 Å². The average Bonchev–Trinajstić information content (AvgIpc) is 2.89. The van der Waals surface area contributed by atoms with Crippen LogP contribution in [0.2, 0.25) is 0 Å². The van der Waals surface area contributed by atoms with Crippen molar-refractivity contribution in [2.24, 2.45) is 5.41 Å². The third-order valence-corrected chi connectivity index (χ3v) is 4.81. The van der Waals surface area contributed by atoms with E-state index in [1.165, 1.54) is 11.8 Å². The third-order valence-electron chi connectivity index (χ3n) is 4.81. The van der Waals surface area contributed by atoms with Crippen molar-refractivity contribution in [2.45, 2.75) is 104 Å². The summed E-state index contributed by atoms with van der Waals surface area (Å²) in [7, 11) is 0. The molecule has 172 valence electrons. The van der Waals surface area contributed by atoms with Crippen LogP contribution in [0.25, 0.3) is 0 Å². The summed E-state index contributed by atoms with van der Waals surface area (Å²) >= 11 is 0. The zero-order valence-electron chi connectivity index (χ0n) is 19.7. The summed E-state index contributed by atoms with van der Waals surface area (Å²) in [6.07, 6.45) is 10.9. The minimum Gasteiger partial charge on any atom is -0.458 e. The van der Waals surface area contributed by atoms with Gasteiger partial charge in [0, 0.05) is 25.2 Å². The highest BCUT2D eigenvalue weighted by molar-refractivity contribution is 5.83. The van der Waals surface area contributed by atoms with Crippen LogP contribution in [-0.4, -0.2) is 46.4 Å². The van der Waals surface area contributed by atoms with Crippen LogP contribution in [0.5, 0.6) is 0 Å². The highest BCUT2D eigenvalue weighted by Crippen LogP contribution is 2.49. The van der Waals surface area contributed by atoms with Gasteiger partial charge in [-0.05, 0) is 60.8 Å². The summed E-state index contributed by atoms with van der Waals surface area (Å²) in [6.45, 7) is 11.6. The van der Waals surface area contributed by atoms with Crippen molar-refractivity contribution in [1.82, 2.24) is 4.90 Å². The van der Waals surface area contributed by atoms with E-state index >= 15 is 0 Å². The summed E-state index contributed by atoms with van der Waals surface area (Å²) in [4.78, 5) is 39.5. The fourth-order valence-electron chi connectivity index (χ4n) is 3.70. The number of esters is 2. The maximum Gasteiger partial charge on any atom is 0.413 e. The van der Waals surface area contributed by atoms with Gasteiger partial charge in [0.1, 0.15) is 17.2 Å². The molecule has 0 aromatic rings. The first-order valence-electron chi connectivity index (χ1n) is 10.4. The van der Waals surface area contributed by atoms with E-state index in [0.29, 0.717) is 25.7 Å². The van der Waals surface area contributed by atoms with Crippen LogP contribution in [0, 0.1) is 30.1 Å². The lowest BCUT2D eigenvalue weighted by Crippen LogP contribution is -2.51. The van der Waals surface area contributed by atoms with Crippen molar-refractivity contribution in [1.29, 1.82) is 0 Å². The molecule has 0 saturated carbocycles. The number of ether oxygens (including phenoxy) is 3. The number of rotatable bonds is 6. The second kappa shape index (κ2) is 10.1. The molecule has 0 radical (unpaired) electrons. The van der Waals surface area contributed by atoms with Crippen molar-refractivity contribution in [2.75, 3.05) is 0 Å². The van der Waals surface area contributed by atoms with E-state index in [9.17, 15) is 14.4 Å². The quantitative estimate of drug-likeness (QED) is 0.357. The Balaban J connectivity index is 3.55. The number of amides is 1. The lowest BCUT2D eigenvalue weighted by molar-refractivity contribution is -0.171. The Labute approximate surface area is 186 Å². The van der Waals surface area contributed by atoms with Gasteiger partial charge < -0.3 is 14.2 Å². The van der Waals surface area contributed by atoms with Gasteiger partial charge >= 0.3 is 18.0 Å². The molecule has 0 N–H and O–H groups in total. The number of hydrogen-bond donors (Lipinski definition) is 0. The van der Waals surface area contributed by atoms with Crippen molar-refractivity contribution in [3.8, 4) is 24.7 Å². The van der Waals surface area contributed by atoms with Gasteiger partial charge in [0.15, 0.2) is 6.23 Å². The predicted octanol–water partition coefficient (Wildman–Crippen LogP) is 4.04. The number of terminal acetylenes is 2. The summed E-state index contributed by atoms with van der Waals surface area (Å²) in [5.74, 6) is 4.00. The standard InChI is InChI=1S/C24H35NO6/c1-10-12-14-24(15-13-11-2)16-18(19(27)30-22(4,5)6)25(20(24)29-17(3)26)21(28)31-23(7,8)9/h1-2,18,20H,12-16H2,3-9H3/t18-,20?/m0/s1. The third kappa shape index (κ3) is 7.51. The van der Waals surface area contributed by atoms with Crippen LogP contribution in [-0.2, 0) is 23.8 Å². The Morgan fingerprint density at radius 3 is 1.84 bits per heavy atom. The summed E-state index contributed by atoms with van der Waals surface area (Å²) < 4.78 is 16.8. The van der Waals surface area contributed by atoms with Crippen LogP contribution in [0.1, 0.15) is 80.6 Å². The van der Waals surface area contributed by atoms with Gasteiger partial charge in [-0.1, -0.05) is 0 Å². The SMILES string of the molecule is C#CCCC1(CCC#C)C[C@@H](C(=O)OC(C)(C)C)N(C(=O)OC(C)(C)C)C1OC(C)=O. The molecular formula is C24H35NO6. The molecule has 1 fully saturated rings. The molecule has 0 aliphatic carbocycles. The number of likely N-dealkylation sites (tertiary alicyclic amines) is 1. The van der Waals surface area contributed by atoms with Crippen molar-refractivity contribution >= 4 is 18.0 Å². The van der Waals surface area contributed by atoms with Gasteiger partial charge in [0.2, 0.25) is 0 Å². The normalized spacial score (nSPS) is 20.4. The van der Waals surface area contributed by atoms with Crippen molar-refractivity contribution in [3.05, 3.63) is 0 Å². The molecule has 7 nitrogen and oxygen atoms in total. The Hall–Kier alpha value is -2.67. The Bertz CT molecular complexity index is 741. The molecule has 0 spiro atoms. The first-order chi connectivity index (χ1) is 14.2. The van der Waals surface area contributed by atoms with E-state index in [4.69, 9.17) is 27.1 Å². The topological polar surface area (TPSA) is 82.1 Å². The zero-order valence-corrected chi connectivity index (χ0v) is 19.7. The van der Waals surface area contributed by atoms with Gasteiger partial charge in [-0.15, -0.1) is 24.7 Å². The molecule has 2 atom stereocenters. The second-order valence-electron chi connectivity index (χ2n) is 9.87. The Morgan fingerprint density at radius 2 is 1.45 bits per heavy atom. The first-order valence-corrected chi connectivity index (χ1v) is 10.4. The molecule has 1 rings (SSSR count). The minimum absolute atomic E-state index is 0.197. The van der Waals surface area contributed by atoms with Gasteiger partial charge in [0.05, 0.1) is 0 Å². The molecule has 1 unspecified atom stereocenters. The molecule has 0 aromatic carbocycles.